The standard InChI is InChI=1S/C14H11BrF2N2O2/c15-9-1-4-14(21)19(8-9)6-5-13(20)18-10-2-3-11(16)12(17)7-10/h1-4,7-8H,5-6H2,(H,18,20). The van der Waals surface area contributed by atoms with E-state index in [4.69, 9.17) is 0 Å². The number of amides is 1. The van der Waals surface area contributed by atoms with Crippen molar-refractivity contribution in [2.24, 2.45) is 0 Å². The van der Waals surface area contributed by atoms with Gasteiger partial charge in [0.25, 0.3) is 5.56 Å². The van der Waals surface area contributed by atoms with Crippen LogP contribution in [0.15, 0.2) is 45.8 Å². The second kappa shape index (κ2) is 6.62. The summed E-state index contributed by atoms with van der Waals surface area (Å²) in [5.41, 5.74) is -0.0562. The number of rotatable bonds is 4. The van der Waals surface area contributed by atoms with Crippen LogP contribution in [0.1, 0.15) is 6.42 Å². The van der Waals surface area contributed by atoms with Crippen molar-refractivity contribution >= 4 is 27.5 Å². The first kappa shape index (κ1) is 15.4. The molecule has 0 saturated carbocycles. The van der Waals surface area contributed by atoms with Crippen molar-refractivity contribution in [2.45, 2.75) is 13.0 Å². The van der Waals surface area contributed by atoms with E-state index in [0.29, 0.717) is 0 Å². The SMILES string of the molecule is O=C(CCn1cc(Br)ccc1=O)Nc1ccc(F)c(F)c1. The summed E-state index contributed by atoms with van der Waals surface area (Å²) in [4.78, 5) is 23.3. The van der Waals surface area contributed by atoms with E-state index in [0.717, 1.165) is 16.6 Å². The van der Waals surface area contributed by atoms with Gasteiger partial charge in [0.15, 0.2) is 11.6 Å². The fraction of sp³-hybridized carbons (Fsp3) is 0.143. The third-order valence-corrected chi connectivity index (χ3v) is 3.20. The smallest absolute Gasteiger partial charge is 0.250 e. The molecule has 1 aromatic carbocycles. The van der Waals surface area contributed by atoms with E-state index in [1.54, 1.807) is 12.3 Å². The molecular formula is C14H11BrF2N2O2. The number of nitrogens with one attached hydrogen (secondary N) is 1. The molecule has 110 valence electrons. The Hall–Kier alpha value is -2.02. The van der Waals surface area contributed by atoms with Gasteiger partial charge in [0.2, 0.25) is 5.91 Å². The minimum Gasteiger partial charge on any atom is -0.326 e. The fourth-order valence-electron chi connectivity index (χ4n) is 1.70. The van der Waals surface area contributed by atoms with Crippen LogP contribution in [-0.2, 0) is 11.3 Å². The highest BCUT2D eigenvalue weighted by Crippen LogP contribution is 2.13. The summed E-state index contributed by atoms with van der Waals surface area (Å²) < 4.78 is 27.9. The van der Waals surface area contributed by atoms with Crippen LogP contribution in [0.4, 0.5) is 14.5 Å². The van der Waals surface area contributed by atoms with Gasteiger partial charge in [-0.15, -0.1) is 0 Å². The van der Waals surface area contributed by atoms with Crippen molar-refractivity contribution in [2.75, 3.05) is 5.32 Å². The van der Waals surface area contributed by atoms with E-state index >= 15 is 0 Å². The molecule has 0 spiro atoms. The summed E-state index contributed by atoms with van der Waals surface area (Å²) in [5, 5.41) is 2.44. The van der Waals surface area contributed by atoms with E-state index in [9.17, 15) is 18.4 Å². The van der Waals surface area contributed by atoms with Gasteiger partial charge >= 0.3 is 0 Å². The van der Waals surface area contributed by atoms with Crippen LogP contribution < -0.4 is 10.9 Å². The summed E-state index contributed by atoms with van der Waals surface area (Å²) in [5.74, 6) is -2.41. The maximum Gasteiger partial charge on any atom is 0.250 e. The van der Waals surface area contributed by atoms with Crippen molar-refractivity contribution < 1.29 is 13.6 Å². The van der Waals surface area contributed by atoms with Crippen LogP contribution in [-0.4, -0.2) is 10.5 Å². The Morgan fingerprint density at radius 1 is 1.19 bits per heavy atom. The Morgan fingerprint density at radius 3 is 2.67 bits per heavy atom. The number of benzene rings is 1. The molecule has 7 heteroatoms. The molecule has 0 fully saturated rings. The van der Waals surface area contributed by atoms with Gasteiger partial charge in [-0.2, -0.15) is 0 Å². The highest BCUT2D eigenvalue weighted by molar-refractivity contribution is 9.10. The molecular weight excluding hydrogens is 346 g/mol. The summed E-state index contributed by atoms with van der Waals surface area (Å²) in [6.07, 6.45) is 1.61. The van der Waals surface area contributed by atoms with Crippen LogP contribution in [0.2, 0.25) is 0 Å². The van der Waals surface area contributed by atoms with Crippen molar-refractivity contribution in [3.63, 3.8) is 0 Å². The predicted octanol–water partition coefficient (Wildman–Crippen LogP) is 2.92. The zero-order valence-corrected chi connectivity index (χ0v) is 12.4. The number of hydrogen-bond donors (Lipinski definition) is 1. The zero-order valence-electron chi connectivity index (χ0n) is 10.8. The monoisotopic (exact) mass is 356 g/mol. The van der Waals surface area contributed by atoms with Crippen LogP contribution in [0.5, 0.6) is 0 Å². The lowest BCUT2D eigenvalue weighted by molar-refractivity contribution is -0.116. The van der Waals surface area contributed by atoms with E-state index < -0.39 is 17.5 Å². The number of carbonyl (C=O) groups is 1. The minimum atomic E-state index is -1.03. The van der Waals surface area contributed by atoms with Crippen LogP contribution in [0.25, 0.3) is 0 Å². The van der Waals surface area contributed by atoms with Crippen molar-refractivity contribution in [1.82, 2.24) is 4.57 Å². The number of nitrogens with zero attached hydrogens (tertiary/aromatic N) is 1. The second-order valence-corrected chi connectivity index (χ2v) is 5.22. The van der Waals surface area contributed by atoms with Gasteiger partial charge in [0, 0.05) is 41.5 Å². The Morgan fingerprint density at radius 2 is 1.95 bits per heavy atom. The molecule has 1 amide bonds. The van der Waals surface area contributed by atoms with Crippen LogP contribution in [0, 0.1) is 11.6 Å². The maximum absolute atomic E-state index is 13.0. The summed E-state index contributed by atoms with van der Waals surface area (Å²) in [6.45, 7) is 0.188. The minimum absolute atomic E-state index is 0.0371. The molecule has 1 N–H and O–H groups in total. The summed E-state index contributed by atoms with van der Waals surface area (Å²) in [6, 6.07) is 6.10. The van der Waals surface area contributed by atoms with Gasteiger partial charge in [0.05, 0.1) is 0 Å². The third kappa shape index (κ3) is 4.22. The molecule has 0 aliphatic carbocycles. The largest absolute Gasteiger partial charge is 0.326 e. The molecule has 0 atom stereocenters. The van der Waals surface area contributed by atoms with Crippen molar-refractivity contribution in [3.05, 3.63) is 63.0 Å². The molecule has 1 heterocycles. The number of aromatic nitrogens is 1. The van der Waals surface area contributed by atoms with Crippen molar-refractivity contribution in [1.29, 1.82) is 0 Å². The van der Waals surface area contributed by atoms with E-state index in [2.05, 4.69) is 21.2 Å². The average Bonchev–Trinajstić information content (AvgIpc) is 2.44. The summed E-state index contributed by atoms with van der Waals surface area (Å²) >= 11 is 3.23. The third-order valence-electron chi connectivity index (χ3n) is 2.73. The Kier molecular flexibility index (Phi) is 4.85. The molecule has 2 rings (SSSR count). The first-order chi connectivity index (χ1) is 9.95. The average molecular weight is 357 g/mol. The molecule has 0 aliphatic heterocycles. The lowest BCUT2D eigenvalue weighted by Crippen LogP contribution is -2.22. The number of carbonyl (C=O) groups excluding carboxylic acids is 1. The Balaban J connectivity index is 1.97. The molecule has 1 aromatic heterocycles. The van der Waals surface area contributed by atoms with Gasteiger partial charge in [-0.05, 0) is 34.1 Å². The van der Waals surface area contributed by atoms with Gasteiger partial charge in [-0.25, -0.2) is 8.78 Å². The highest BCUT2D eigenvalue weighted by Gasteiger charge is 2.07. The van der Waals surface area contributed by atoms with Crippen LogP contribution >= 0.6 is 15.9 Å². The number of halogens is 3. The maximum atomic E-state index is 13.0. The predicted molar refractivity (Wildman–Crippen MR) is 78.0 cm³/mol. The molecule has 0 saturated heterocycles. The van der Waals surface area contributed by atoms with Crippen LogP contribution in [0.3, 0.4) is 0 Å². The number of aryl methyl sites for hydroxylation is 1. The molecule has 2 aromatic rings. The number of pyridine rings is 1. The zero-order chi connectivity index (χ0) is 15.4. The molecule has 0 bridgehead atoms. The molecule has 21 heavy (non-hydrogen) atoms. The Bertz CT molecular complexity index is 731. The van der Waals surface area contributed by atoms with E-state index in [1.807, 2.05) is 0 Å². The molecule has 0 radical (unpaired) electrons. The number of anilines is 1. The topological polar surface area (TPSA) is 51.1 Å². The van der Waals surface area contributed by atoms with Gasteiger partial charge in [-0.3, -0.25) is 9.59 Å². The summed E-state index contributed by atoms with van der Waals surface area (Å²) in [7, 11) is 0. The fourth-order valence-corrected chi connectivity index (χ4v) is 2.08. The lowest BCUT2D eigenvalue weighted by atomic mass is 10.3. The molecule has 0 aliphatic rings. The molecule has 0 unspecified atom stereocenters. The first-order valence-corrected chi connectivity index (χ1v) is 6.86. The normalized spacial score (nSPS) is 10.4. The number of hydrogen-bond acceptors (Lipinski definition) is 2. The highest BCUT2D eigenvalue weighted by atomic mass is 79.9. The molecule has 4 nitrogen and oxygen atoms in total. The van der Waals surface area contributed by atoms with E-state index in [1.165, 1.54) is 16.7 Å². The van der Waals surface area contributed by atoms with Gasteiger partial charge < -0.3 is 9.88 Å². The van der Waals surface area contributed by atoms with Gasteiger partial charge in [0.1, 0.15) is 0 Å². The van der Waals surface area contributed by atoms with Gasteiger partial charge in [-0.1, -0.05) is 0 Å². The van der Waals surface area contributed by atoms with E-state index in [-0.39, 0.29) is 24.2 Å². The quantitative estimate of drug-likeness (QED) is 0.915. The Labute approximate surface area is 127 Å². The first-order valence-electron chi connectivity index (χ1n) is 6.06. The second-order valence-electron chi connectivity index (χ2n) is 4.31. The van der Waals surface area contributed by atoms with Crippen molar-refractivity contribution in [3.8, 4) is 0 Å². The lowest BCUT2D eigenvalue weighted by Gasteiger charge is -2.07.